The van der Waals surface area contributed by atoms with Gasteiger partial charge in [0.1, 0.15) is 13.2 Å². The topological polar surface area (TPSA) is 43.4 Å². The summed E-state index contributed by atoms with van der Waals surface area (Å²) in [6.07, 6.45) is 3.63. The van der Waals surface area contributed by atoms with Gasteiger partial charge in [0.2, 0.25) is 0 Å². The van der Waals surface area contributed by atoms with Crippen LogP contribution in [0.25, 0.3) is 0 Å². The standard InChI is InChI=1S/C16H17BrN2O2/c1-11(13-2-4-18-5-3-13)19-10-12-8-14(17)16-15(9-12)20-6-7-21-16/h2-5,8-9,11,19H,6-7,10H2,1H3/t11-/m1/s1. The summed E-state index contributed by atoms with van der Waals surface area (Å²) >= 11 is 3.54. The van der Waals surface area contributed by atoms with Crippen LogP contribution in [0.2, 0.25) is 0 Å². The third-order valence-corrected chi connectivity index (χ3v) is 4.06. The quantitative estimate of drug-likeness (QED) is 0.918. The number of nitrogens with zero attached hydrogens (tertiary/aromatic N) is 1. The highest BCUT2D eigenvalue weighted by Crippen LogP contribution is 2.38. The molecule has 1 atom stereocenters. The van der Waals surface area contributed by atoms with E-state index in [1.54, 1.807) is 0 Å². The summed E-state index contributed by atoms with van der Waals surface area (Å²) in [5, 5.41) is 3.50. The smallest absolute Gasteiger partial charge is 0.175 e. The molecule has 1 aliphatic heterocycles. The van der Waals surface area contributed by atoms with Gasteiger partial charge in [-0.2, -0.15) is 0 Å². The van der Waals surface area contributed by atoms with Crippen molar-refractivity contribution < 1.29 is 9.47 Å². The van der Waals surface area contributed by atoms with Crippen molar-refractivity contribution in [1.82, 2.24) is 10.3 Å². The van der Waals surface area contributed by atoms with E-state index in [1.165, 1.54) is 5.56 Å². The number of nitrogens with one attached hydrogen (secondary N) is 1. The zero-order valence-electron chi connectivity index (χ0n) is 11.8. The van der Waals surface area contributed by atoms with Crippen molar-refractivity contribution in [1.29, 1.82) is 0 Å². The second-order valence-electron chi connectivity index (χ2n) is 4.98. The van der Waals surface area contributed by atoms with Gasteiger partial charge in [0.05, 0.1) is 4.47 Å². The van der Waals surface area contributed by atoms with E-state index >= 15 is 0 Å². The average Bonchev–Trinajstić information content (AvgIpc) is 2.53. The molecular weight excluding hydrogens is 332 g/mol. The Balaban J connectivity index is 1.69. The van der Waals surface area contributed by atoms with E-state index in [0.29, 0.717) is 13.2 Å². The van der Waals surface area contributed by atoms with E-state index in [2.05, 4.69) is 39.2 Å². The molecule has 0 aliphatic carbocycles. The maximum Gasteiger partial charge on any atom is 0.175 e. The molecule has 1 aromatic carbocycles. The number of fused-ring (bicyclic) bond motifs is 1. The minimum absolute atomic E-state index is 0.264. The number of hydrogen-bond donors (Lipinski definition) is 1. The molecule has 3 rings (SSSR count). The van der Waals surface area contributed by atoms with Crippen molar-refractivity contribution in [3.8, 4) is 11.5 Å². The molecule has 0 fully saturated rings. The molecule has 0 spiro atoms. The largest absolute Gasteiger partial charge is 0.486 e. The van der Waals surface area contributed by atoms with Gasteiger partial charge in [-0.25, -0.2) is 0 Å². The Morgan fingerprint density at radius 2 is 2.00 bits per heavy atom. The summed E-state index contributed by atoms with van der Waals surface area (Å²) in [5.74, 6) is 1.61. The Labute approximate surface area is 132 Å². The normalized spacial score (nSPS) is 14.8. The van der Waals surface area contributed by atoms with Crippen molar-refractivity contribution in [2.45, 2.75) is 19.5 Å². The number of ether oxygens (including phenoxy) is 2. The molecule has 0 bridgehead atoms. The molecular formula is C16H17BrN2O2. The first-order valence-electron chi connectivity index (χ1n) is 6.95. The van der Waals surface area contributed by atoms with Gasteiger partial charge in [-0.15, -0.1) is 0 Å². The molecule has 0 unspecified atom stereocenters. The van der Waals surface area contributed by atoms with Crippen LogP contribution in [-0.2, 0) is 6.54 Å². The number of pyridine rings is 1. The third-order valence-electron chi connectivity index (χ3n) is 3.48. The average molecular weight is 349 g/mol. The van der Waals surface area contributed by atoms with Crippen LogP contribution >= 0.6 is 15.9 Å². The fourth-order valence-corrected chi connectivity index (χ4v) is 2.91. The highest BCUT2D eigenvalue weighted by atomic mass is 79.9. The summed E-state index contributed by atoms with van der Waals surface area (Å²) in [4.78, 5) is 4.04. The van der Waals surface area contributed by atoms with E-state index in [-0.39, 0.29) is 6.04 Å². The van der Waals surface area contributed by atoms with Crippen molar-refractivity contribution in [3.05, 3.63) is 52.3 Å². The highest BCUT2D eigenvalue weighted by Gasteiger charge is 2.16. The van der Waals surface area contributed by atoms with Crippen molar-refractivity contribution in [2.24, 2.45) is 0 Å². The predicted molar refractivity (Wildman–Crippen MR) is 84.6 cm³/mol. The lowest BCUT2D eigenvalue weighted by molar-refractivity contribution is 0.170. The summed E-state index contributed by atoms with van der Waals surface area (Å²) < 4.78 is 12.2. The molecule has 21 heavy (non-hydrogen) atoms. The first kappa shape index (κ1) is 14.4. The number of rotatable bonds is 4. The maximum atomic E-state index is 5.65. The third kappa shape index (κ3) is 3.36. The molecule has 0 saturated carbocycles. The van der Waals surface area contributed by atoms with Crippen molar-refractivity contribution in [3.63, 3.8) is 0 Å². The van der Waals surface area contributed by atoms with Gasteiger partial charge < -0.3 is 14.8 Å². The molecule has 1 aromatic heterocycles. The van der Waals surface area contributed by atoms with Crippen LogP contribution in [0, 0.1) is 0 Å². The zero-order valence-corrected chi connectivity index (χ0v) is 13.4. The highest BCUT2D eigenvalue weighted by molar-refractivity contribution is 9.10. The monoisotopic (exact) mass is 348 g/mol. The molecule has 1 aliphatic rings. The summed E-state index contributed by atoms with van der Waals surface area (Å²) in [5.41, 5.74) is 2.38. The van der Waals surface area contributed by atoms with Gasteiger partial charge in [0.25, 0.3) is 0 Å². The van der Waals surface area contributed by atoms with Gasteiger partial charge in [-0.1, -0.05) is 0 Å². The Kier molecular flexibility index (Phi) is 4.41. The fraction of sp³-hybridized carbons (Fsp3) is 0.312. The Hall–Kier alpha value is -1.59. The van der Waals surface area contributed by atoms with Crippen LogP contribution in [0.3, 0.4) is 0 Å². The first-order valence-corrected chi connectivity index (χ1v) is 7.74. The summed E-state index contributed by atoms with van der Waals surface area (Å²) in [6, 6.07) is 8.42. The minimum Gasteiger partial charge on any atom is -0.486 e. The SMILES string of the molecule is C[C@@H](NCc1cc(Br)c2c(c1)OCCO2)c1ccncc1. The lowest BCUT2D eigenvalue weighted by atomic mass is 10.1. The predicted octanol–water partition coefficient (Wildman–Crippen LogP) is 3.47. The second-order valence-corrected chi connectivity index (χ2v) is 5.84. The van der Waals surface area contributed by atoms with E-state index < -0.39 is 0 Å². The van der Waals surface area contributed by atoms with Gasteiger partial charge in [0.15, 0.2) is 11.5 Å². The van der Waals surface area contributed by atoms with E-state index in [0.717, 1.165) is 28.1 Å². The van der Waals surface area contributed by atoms with E-state index in [9.17, 15) is 0 Å². The molecule has 110 valence electrons. The Bertz CT molecular complexity index is 619. The van der Waals surface area contributed by atoms with Crippen LogP contribution in [0.5, 0.6) is 11.5 Å². The number of hydrogen-bond acceptors (Lipinski definition) is 4. The van der Waals surface area contributed by atoms with Gasteiger partial charge >= 0.3 is 0 Å². The van der Waals surface area contributed by atoms with Gasteiger partial charge in [-0.3, -0.25) is 4.98 Å². The molecule has 1 N–H and O–H groups in total. The molecule has 4 nitrogen and oxygen atoms in total. The van der Waals surface area contributed by atoms with Gasteiger partial charge in [0, 0.05) is 25.0 Å². The summed E-state index contributed by atoms with van der Waals surface area (Å²) in [7, 11) is 0. The molecule has 0 saturated heterocycles. The molecule has 5 heteroatoms. The number of aromatic nitrogens is 1. The molecule has 0 amide bonds. The van der Waals surface area contributed by atoms with Crippen molar-refractivity contribution in [2.75, 3.05) is 13.2 Å². The maximum absolute atomic E-state index is 5.65. The van der Waals surface area contributed by atoms with E-state index in [1.807, 2.05) is 30.6 Å². The van der Waals surface area contributed by atoms with E-state index in [4.69, 9.17) is 9.47 Å². The van der Waals surface area contributed by atoms with Crippen molar-refractivity contribution >= 4 is 15.9 Å². The van der Waals surface area contributed by atoms with Gasteiger partial charge in [-0.05, 0) is 58.2 Å². The number of benzene rings is 1. The van der Waals surface area contributed by atoms with Crippen LogP contribution in [0.1, 0.15) is 24.1 Å². The molecule has 0 radical (unpaired) electrons. The van der Waals surface area contributed by atoms with Crippen LogP contribution < -0.4 is 14.8 Å². The second kappa shape index (κ2) is 6.45. The minimum atomic E-state index is 0.264. The molecule has 2 aromatic rings. The van der Waals surface area contributed by atoms with Crippen LogP contribution in [-0.4, -0.2) is 18.2 Å². The first-order chi connectivity index (χ1) is 10.2. The van der Waals surface area contributed by atoms with Crippen LogP contribution in [0.4, 0.5) is 0 Å². The fourth-order valence-electron chi connectivity index (χ4n) is 2.31. The summed E-state index contributed by atoms with van der Waals surface area (Å²) in [6.45, 7) is 4.10. The zero-order chi connectivity index (χ0) is 14.7. The Morgan fingerprint density at radius 1 is 1.24 bits per heavy atom. The lowest BCUT2D eigenvalue weighted by Gasteiger charge is -2.21. The van der Waals surface area contributed by atoms with Crippen LogP contribution in [0.15, 0.2) is 41.1 Å². The number of halogens is 1. The lowest BCUT2D eigenvalue weighted by Crippen LogP contribution is -2.19. The Morgan fingerprint density at radius 3 is 2.81 bits per heavy atom. The molecule has 2 heterocycles.